The minimum atomic E-state index is -2.25. The molecule has 0 saturated heterocycles. The van der Waals surface area contributed by atoms with Gasteiger partial charge in [0.05, 0.1) is 11.6 Å². The van der Waals surface area contributed by atoms with Gasteiger partial charge < -0.3 is 39.6 Å². The van der Waals surface area contributed by atoms with E-state index < -0.39 is 23.1 Å². The van der Waals surface area contributed by atoms with Gasteiger partial charge in [0.25, 0.3) is 0 Å². The van der Waals surface area contributed by atoms with Crippen LogP contribution in [0.15, 0.2) is 182 Å². The Labute approximate surface area is 357 Å². The molecule has 0 fully saturated rings. The third-order valence-corrected chi connectivity index (χ3v) is 8.11. The first-order valence-corrected chi connectivity index (χ1v) is 17.7. The molecule has 6 rings (SSSR count). The van der Waals surface area contributed by atoms with E-state index >= 15 is 0 Å². The van der Waals surface area contributed by atoms with Gasteiger partial charge in [0, 0.05) is 44.5 Å². The Morgan fingerprint density at radius 3 is 0.746 bits per heavy atom. The van der Waals surface area contributed by atoms with Gasteiger partial charge in [-0.1, -0.05) is 158 Å². The Kier molecular flexibility index (Phi) is 19.9. The maximum atomic E-state index is 12.6. The van der Waals surface area contributed by atoms with E-state index in [9.17, 15) is 49.2 Å². The van der Waals surface area contributed by atoms with E-state index in [0.29, 0.717) is 11.1 Å². The first-order valence-electron chi connectivity index (χ1n) is 17.7. The summed E-state index contributed by atoms with van der Waals surface area (Å²) in [4.78, 5) is 66.1. The molecule has 0 radical (unpaired) electrons. The monoisotopic (exact) mass is 824 g/mol. The summed E-state index contributed by atoms with van der Waals surface area (Å²) in [5.74, 6) is -3.69. The molecule has 59 heavy (non-hydrogen) atoms. The molecule has 6 aromatic rings. The quantitative estimate of drug-likeness (QED) is 0.0634. The summed E-state index contributed by atoms with van der Waals surface area (Å²) in [5, 5.41) is 43.7. The summed E-state index contributed by atoms with van der Waals surface area (Å²) in [6.45, 7) is 2.72. The third kappa shape index (κ3) is 14.3. The zero-order valence-electron chi connectivity index (χ0n) is 32.1. The van der Waals surface area contributed by atoms with Crippen LogP contribution in [0.25, 0.3) is 0 Å². The summed E-state index contributed by atoms with van der Waals surface area (Å²) in [7, 11) is 0. The minimum absolute atomic E-state index is 0. The number of Topliss-reactive ketones (excluding diaryl/α,β-unsaturated/α-hetero) is 4. The first-order chi connectivity index (χ1) is 27.7. The molecule has 0 unspecified atom stereocenters. The van der Waals surface area contributed by atoms with Crippen molar-refractivity contribution >= 4 is 35.1 Å². The number of rotatable bonds is 12. The molecule has 0 atom stereocenters. The van der Waals surface area contributed by atoms with E-state index in [1.54, 1.807) is 121 Å². The fraction of sp³-hybridized carbons (Fsp3) is 0.0833. The molecule has 0 aliphatic heterocycles. The van der Waals surface area contributed by atoms with E-state index in [1.165, 1.54) is 62.4 Å². The zero-order chi connectivity index (χ0) is 42.6. The van der Waals surface area contributed by atoms with E-state index in [0.717, 1.165) is 12.8 Å². The maximum Gasteiger partial charge on any atom is 0.301 e. The molecule has 0 amide bonds. The van der Waals surface area contributed by atoms with Crippen LogP contribution in [0.1, 0.15) is 56.8 Å². The van der Waals surface area contributed by atoms with Crippen molar-refractivity contribution < 1.29 is 70.9 Å². The van der Waals surface area contributed by atoms with Crippen molar-refractivity contribution in [1.82, 2.24) is 0 Å². The molecule has 0 spiro atoms. The number of carboxylic acids is 2. The molecule has 11 heteroatoms. The molecule has 0 aliphatic rings. The minimum Gasteiger partial charge on any atom is -0.834 e. The Morgan fingerprint density at radius 2 is 0.576 bits per heavy atom. The summed E-state index contributed by atoms with van der Waals surface area (Å²) in [6.07, 6.45) is 2.19. The van der Waals surface area contributed by atoms with Gasteiger partial charge in [-0.15, -0.1) is 48.2 Å². The Bertz CT molecular complexity index is 1990. The second-order valence-corrected chi connectivity index (χ2v) is 12.4. The van der Waals surface area contributed by atoms with Gasteiger partial charge in [-0.25, -0.2) is 0 Å². The number of aliphatic carboxylic acids is 2. The van der Waals surface area contributed by atoms with E-state index in [2.05, 4.69) is 0 Å². The van der Waals surface area contributed by atoms with Crippen molar-refractivity contribution in [3.8, 4) is 0 Å². The van der Waals surface area contributed by atoms with Crippen LogP contribution in [0.4, 0.5) is 0 Å². The molecular weight excluding hydrogens is 784 g/mol. The van der Waals surface area contributed by atoms with Gasteiger partial charge >= 0.3 is 11.9 Å². The van der Waals surface area contributed by atoms with E-state index in [4.69, 9.17) is 0 Å². The summed E-state index contributed by atoms with van der Waals surface area (Å²) in [6, 6.07) is 50.0. The van der Waals surface area contributed by atoms with Gasteiger partial charge in [-0.05, 0) is 36.1 Å². The number of hydrogen-bond acceptors (Lipinski definition) is 8. The second kappa shape index (κ2) is 24.2. The van der Waals surface area contributed by atoms with Crippen LogP contribution in [0.5, 0.6) is 0 Å². The van der Waals surface area contributed by atoms with Crippen LogP contribution in [-0.4, -0.2) is 45.3 Å². The molecule has 0 bridgehead atoms. The average molecular weight is 825 g/mol. The van der Waals surface area contributed by atoms with Crippen molar-refractivity contribution in [3.63, 3.8) is 0 Å². The van der Waals surface area contributed by atoms with Crippen LogP contribution in [0.2, 0.25) is 0 Å². The molecule has 6 aromatic carbocycles. The molecule has 0 aliphatic carbocycles. The number of ketones is 4. The summed E-state index contributed by atoms with van der Waals surface area (Å²) in [5.41, 5.74) is -2.46. The third-order valence-electron chi connectivity index (χ3n) is 8.11. The van der Waals surface area contributed by atoms with Gasteiger partial charge in [0.1, 0.15) is 0 Å². The smallest absolute Gasteiger partial charge is 0.301 e. The van der Waals surface area contributed by atoms with Gasteiger partial charge in [-0.3, -0.25) is 9.59 Å². The van der Waals surface area contributed by atoms with Crippen molar-refractivity contribution in [2.24, 2.45) is 0 Å². The molecule has 0 saturated carbocycles. The van der Waals surface area contributed by atoms with Gasteiger partial charge in [0.2, 0.25) is 0 Å². The van der Waals surface area contributed by atoms with Crippen molar-refractivity contribution in [1.29, 1.82) is 0 Å². The van der Waals surface area contributed by atoms with Crippen molar-refractivity contribution in [2.75, 3.05) is 0 Å². The largest absolute Gasteiger partial charge is 0.834 e. The molecule has 300 valence electrons. The number of carboxylic acid groups (broad SMARTS) is 2. The van der Waals surface area contributed by atoms with E-state index in [1.807, 2.05) is 12.1 Å². The van der Waals surface area contributed by atoms with Crippen molar-refractivity contribution in [2.45, 2.75) is 25.0 Å². The predicted molar refractivity (Wildman–Crippen MR) is 214 cm³/mol. The summed E-state index contributed by atoms with van der Waals surface area (Å²) >= 11 is 0. The van der Waals surface area contributed by atoms with Crippen LogP contribution in [-0.2, 0) is 52.1 Å². The topological polar surface area (TPSA) is 189 Å². The first kappa shape index (κ1) is 48.5. The normalized spacial score (nSPS) is 10.1. The standard InChI is InChI=1S/2C14H11O3.2C10H9O2.Ti/c2*15-13(16)14(17,11-7-3-1-4-8-11)12-9-5-2-6-10-12;2*1-8(11)7-10(12)9-5-3-2-4-6-9;/h2*1-10H,(H,15,16);2*2-7H,1H3;/q4*-1;. The number of benzene rings is 6. The molecule has 0 aromatic heterocycles. The second-order valence-electron chi connectivity index (χ2n) is 12.4. The SMILES string of the molecule is CC(=O)[CH-]C(=O)c1ccccc1.CC(=O)[CH-]C(=O)c1ccccc1.O=C(O)C([O-])(c1ccccc1)c1ccccc1.O=C(O)C([O-])(c1ccccc1)c1ccccc1.[Ti]. The Hall–Kier alpha value is -6.69. The fourth-order valence-electron chi connectivity index (χ4n) is 5.26. The molecular formula is C48H40O10Ti-4. The van der Waals surface area contributed by atoms with E-state index in [-0.39, 0.29) is 67.1 Å². The van der Waals surface area contributed by atoms with Gasteiger partial charge in [-0.2, -0.15) is 0 Å². The van der Waals surface area contributed by atoms with Crippen molar-refractivity contribution in [3.05, 3.63) is 228 Å². The van der Waals surface area contributed by atoms with Crippen LogP contribution >= 0.6 is 0 Å². The average Bonchev–Trinajstić information content (AvgIpc) is 3.25. The van der Waals surface area contributed by atoms with Crippen LogP contribution in [0, 0.1) is 12.8 Å². The summed E-state index contributed by atoms with van der Waals surface area (Å²) < 4.78 is 0. The molecule has 0 heterocycles. The van der Waals surface area contributed by atoms with Crippen LogP contribution < -0.4 is 10.2 Å². The number of hydrogen-bond donors (Lipinski definition) is 2. The number of carbonyl (C=O) groups excluding carboxylic acids is 4. The van der Waals surface area contributed by atoms with Crippen LogP contribution in [0.3, 0.4) is 0 Å². The zero-order valence-corrected chi connectivity index (χ0v) is 33.7. The molecule has 10 nitrogen and oxygen atoms in total. The fourth-order valence-corrected chi connectivity index (χ4v) is 5.26. The maximum absolute atomic E-state index is 12.6. The Morgan fingerprint density at radius 1 is 0.390 bits per heavy atom. The number of carbonyl (C=O) groups is 6. The Balaban J connectivity index is 0.000000274. The predicted octanol–water partition coefficient (Wildman–Crippen LogP) is 6.07. The van der Waals surface area contributed by atoms with Gasteiger partial charge in [0.15, 0.2) is 0 Å². The molecule has 2 N–H and O–H groups in total.